The first-order valence-corrected chi connectivity index (χ1v) is 8.05. The third kappa shape index (κ3) is 3.84. The molecule has 1 rings (SSSR count). The summed E-state index contributed by atoms with van der Waals surface area (Å²) in [7, 11) is 0. The standard InChI is InChI=1S/C14H25NS/c1-11-9-13(14(2,3)4)8-7-12(11)10-15-16(5)6/h7-9,15-16H,10H2,1-6H3. The van der Waals surface area contributed by atoms with Crippen LogP contribution in [0.1, 0.15) is 37.5 Å². The molecule has 1 N–H and O–H groups in total. The molecular formula is C14H25NS. The lowest BCUT2D eigenvalue weighted by molar-refractivity contribution is 0.589. The van der Waals surface area contributed by atoms with Crippen LogP contribution in [0.3, 0.4) is 0 Å². The van der Waals surface area contributed by atoms with Crippen LogP contribution in [-0.2, 0) is 12.0 Å². The van der Waals surface area contributed by atoms with Crippen LogP contribution >= 0.6 is 11.1 Å². The number of nitrogens with one attached hydrogen (secondary N) is 1. The van der Waals surface area contributed by atoms with Crippen molar-refractivity contribution in [2.75, 3.05) is 12.5 Å². The molecule has 0 aliphatic rings. The van der Waals surface area contributed by atoms with Crippen molar-refractivity contribution < 1.29 is 0 Å². The van der Waals surface area contributed by atoms with Gasteiger partial charge in [-0.25, -0.2) is 11.1 Å². The highest BCUT2D eigenvalue weighted by Gasteiger charge is 2.14. The zero-order valence-electron chi connectivity index (χ0n) is 11.4. The molecule has 0 heterocycles. The lowest BCUT2D eigenvalue weighted by atomic mass is 9.85. The largest absolute Gasteiger partial charge is 0.279 e. The summed E-state index contributed by atoms with van der Waals surface area (Å²) >= 11 is -0.0168. The summed E-state index contributed by atoms with van der Waals surface area (Å²) in [6.45, 7) is 9.99. The molecule has 0 atom stereocenters. The molecule has 16 heavy (non-hydrogen) atoms. The maximum Gasteiger partial charge on any atom is 0.0295 e. The molecule has 0 aliphatic carbocycles. The third-order valence-corrected chi connectivity index (χ3v) is 3.58. The van der Waals surface area contributed by atoms with E-state index >= 15 is 0 Å². The van der Waals surface area contributed by atoms with E-state index in [1.165, 1.54) is 16.7 Å². The third-order valence-electron chi connectivity index (χ3n) is 2.79. The molecule has 0 aromatic heterocycles. The average Bonchev–Trinajstić information content (AvgIpc) is 2.14. The van der Waals surface area contributed by atoms with Gasteiger partial charge in [0.1, 0.15) is 0 Å². The summed E-state index contributed by atoms with van der Waals surface area (Å²) in [6.07, 6.45) is 4.49. The van der Waals surface area contributed by atoms with E-state index in [4.69, 9.17) is 0 Å². The van der Waals surface area contributed by atoms with Gasteiger partial charge in [0.15, 0.2) is 0 Å². The van der Waals surface area contributed by atoms with E-state index in [2.05, 4.69) is 63.1 Å². The van der Waals surface area contributed by atoms with Crippen molar-refractivity contribution in [1.82, 2.24) is 4.72 Å². The molecule has 0 saturated carbocycles. The van der Waals surface area contributed by atoms with Gasteiger partial charge in [0.25, 0.3) is 0 Å². The van der Waals surface area contributed by atoms with E-state index in [0.29, 0.717) is 0 Å². The summed E-state index contributed by atoms with van der Waals surface area (Å²) < 4.78 is 3.53. The first-order valence-electron chi connectivity index (χ1n) is 5.81. The van der Waals surface area contributed by atoms with Gasteiger partial charge in [-0.3, -0.25) is 4.72 Å². The van der Waals surface area contributed by atoms with E-state index in [0.717, 1.165) is 6.54 Å². The molecule has 92 valence electrons. The van der Waals surface area contributed by atoms with Gasteiger partial charge >= 0.3 is 0 Å². The first kappa shape index (κ1) is 13.6. The summed E-state index contributed by atoms with van der Waals surface area (Å²) in [5.41, 5.74) is 4.49. The van der Waals surface area contributed by atoms with E-state index in [9.17, 15) is 0 Å². The zero-order valence-corrected chi connectivity index (χ0v) is 12.3. The van der Waals surface area contributed by atoms with Crippen molar-refractivity contribution in [3.8, 4) is 0 Å². The Morgan fingerprint density at radius 1 is 1.19 bits per heavy atom. The van der Waals surface area contributed by atoms with Gasteiger partial charge in [-0.05, 0) is 41.5 Å². The molecule has 1 aromatic carbocycles. The van der Waals surface area contributed by atoms with Crippen molar-refractivity contribution in [2.45, 2.75) is 39.7 Å². The first-order chi connectivity index (χ1) is 7.30. The van der Waals surface area contributed by atoms with Crippen LogP contribution in [0.4, 0.5) is 0 Å². The maximum absolute atomic E-state index is 3.53. The molecule has 0 unspecified atom stereocenters. The highest BCUT2D eigenvalue weighted by atomic mass is 32.2. The molecular weight excluding hydrogens is 214 g/mol. The summed E-state index contributed by atoms with van der Waals surface area (Å²) in [6, 6.07) is 6.85. The number of aryl methyl sites for hydroxylation is 1. The predicted molar refractivity (Wildman–Crippen MR) is 77.6 cm³/mol. The normalized spacial score (nSPS) is 12.8. The molecule has 0 saturated heterocycles. The van der Waals surface area contributed by atoms with Gasteiger partial charge in [-0.1, -0.05) is 39.0 Å². The van der Waals surface area contributed by atoms with Gasteiger partial charge in [0.05, 0.1) is 0 Å². The topological polar surface area (TPSA) is 12.0 Å². The second kappa shape index (κ2) is 5.24. The van der Waals surface area contributed by atoms with Crippen molar-refractivity contribution >= 4 is 11.1 Å². The fourth-order valence-corrected chi connectivity index (χ4v) is 2.09. The number of thiol groups is 1. The Kier molecular flexibility index (Phi) is 4.45. The molecule has 1 nitrogen and oxygen atoms in total. The average molecular weight is 239 g/mol. The zero-order chi connectivity index (χ0) is 12.3. The Bertz CT molecular complexity index is 350. The Balaban J connectivity index is 2.84. The van der Waals surface area contributed by atoms with Crippen LogP contribution in [0.2, 0.25) is 0 Å². The maximum atomic E-state index is 3.53. The second-order valence-corrected chi connectivity index (χ2v) is 7.73. The van der Waals surface area contributed by atoms with Crippen LogP contribution in [-0.4, -0.2) is 12.5 Å². The Labute approximate surface area is 103 Å². The number of hydrogen-bond donors (Lipinski definition) is 2. The highest BCUT2D eigenvalue weighted by molar-refractivity contribution is 8.14. The van der Waals surface area contributed by atoms with E-state index in [-0.39, 0.29) is 16.5 Å². The van der Waals surface area contributed by atoms with Gasteiger partial charge < -0.3 is 0 Å². The van der Waals surface area contributed by atoms with Crippen molar-refractivity contribution in [1.29, 1.82) is 0 Å². The van der Waals surface area contributed by atoms with Gasteiger partial charge in [-0.15, -0.1) is 0 Å². The predicted octanol–water partition coefficient (Wildman–Crippen LogP) is 3.56. The Hall–Kier alpha value is -0.470. The minimum Gasteiger partial charge on any atom is -0.279 e. The van der Waals surface area contributed by atoms with E-state index in [1.54, 1.807) is 0 Å². The van der Waals surface area contributed by atoms with Crippen LogP contribution in [0.5, 0.6) is 0 Å². The summed E-state index contributed by atoms with van der Waals surface area (Å²) in [5, 5.41) is 0. The summed E-state index contributed by atoms with van der Waals surface area (Å²) in [5.74, 6) is 0. The van der Waals surface area contributed by atoms with Crippen LogP contribution < -0.4 is 4.72 Å². The molecule has 0 aliphatic heterocycles. The van der Waals surface area contributed by atoms with Gasteiger partial charge in [0.2, 0.25) is 0 Å². The Morgan fingerprint density at radius 2 is 1.81 bits per heavy atom. The number of hydrogen-bond acceptors (Lipinski definition) is 1. The molecule has 0 spiro atoms. The monoisotopic (exact) mass is 239 g/mol. The lowest BCUT2D eigenvalue weighted by Gasteiger charge is -2.21. The molecule has 0 radical (unpaired) electrons. The fraction of sp³-hybridized carbons (Fsp3) is 0.571. The van der Waals surface area contributed by atoms with E-state index < -0.39 is 0 Å². The molecule has 0 bridgehead atoms. The molecule has 1 aromatic rings. The minimum absolute atomic E-state index is 0.0168. The van der Waals surface area contributed by atoms with Crippen LogP contribution in [0.15, 0.2) is 18.2 Å². The minimum atomic E-state index is -0.0168. The molecule has 0 amide bonds. The smallest absolute Gasteiger partial charge is 0.0295 e. The number of benzene rings is 1. The van der Waals surface area contributed by atoms with Gasteiger partial charge in [0, 0.05) is 6.54 Å². The molecule has 2 heteroatoms. The Morgan fingerprint density at radius 3 is 2.25 bits per heavy atom. The van der Waals surface area contributed by atoms with Crippen molar-refractivity contribution in [3.63, 3.8) is 0 Å². The van der Waals surface area contributed by atoms with Crippen LogP contribution in [0.25, 0.3) is 0 Å². The highest BCUT2D eigenvalue weighted by Crippen LogP contribution is 2.24. The SMILES string of the molecule is Cc1cc(C(C)(C)C)ccc1CN[SH](C)C. The summed E-state index contributed by atoms with van der Waals surface area (Å²) in [4.78, 5) is 0. The number of rotatable bonds is 3. The van der Waals surface area contributed by atoms with Gasteiger partial charge in [-0.2, -0.15) is 0 Å². The van der Waals surface area contributed by atoms with Crippen molar-refractivity contribution in [2.24, 2.45) is 0 Å². The second-order valence-electron chi connectivity index (χ2n) is 5.62. The lowest BCUT2D eigenvalue weighted by Crippen LogP contribution is -2.13. The molecule has 0 fully saturated rings. The quantitative estimate of drug-likeness (QED) is 0.769. The fourth-order valence-electron chi connectivity index (χ4n) is 1.60. The van der Waals surface area contributed by atoms with Crippen LogP contribution in [0, 0.1) is 6.92 Å². The van der Waals surface area contributed by atoms with E-state index in [1.807, 2.05) is 0 Å². The van der Waals surface area contributed by atoms with Crippen molar-refractivity contribution in [3.05, 3.63) is 34.9 Å².